The molecule has 7 nitrogen and oxygen atoms in total. The van der Waals surface area contributed by atoms with Crippen LogP contribution in [0.2, 0.25) is 0 Å². The summed E-state index contributed by atoms with van der Waals surface area (Å²) in [6.07, 6.45) is 8.54. The minimum Gasteiger partial charge on any atom is -0.497 e. The van der Waals surface area contributed by atoms with Crippen molar-refractivity contribution in [2.24, 2.45) is 11.3 Å². The van der Waals surface area contributed by atoms with Gasteiger partial charge >= 0.3 is 0 Å². The highest BCUT2D eigenvalue weighted by atomic mass is 16.5. The van der Waals surface area contributed by atoms with Gasteiger partial charge in [-0.2, -0.15) is 0 Å². The Morgan fingerprint density at radius 1 is 1.03 bits per heavy atom. The summed E-state index contributed by atoms with van der Waals surface area (Å²) in [5, 5.41) is 3.06. The first kappa shape index (κ1) is 21.2. The molecule has 1 aromatic carbocycles. The molecule has 1 N–H and O–H groups in total. The van der Waals surface area contributed by atoms with Gasteiger partial charge in [-0.05, 0) is 25.0 Å². The number of hydrogen-bond donors (Lipinski definition) is 1. The van der Waals surface area contributed by atoms with E-state index in [4.69, 9.17) is 9.47 Å². The second kappa shape index (κ2) is 8.96. The number of rotatable bonds is 5. The van der Waals surface area contributed by atoms with Gasteiger partial charge in [-0.3, -0.25) is 14.6 Å². The molecule has 1 atom stereocenters. The molecule has 1 aliphatic heterocycles. The summed E-state index contributed by atoms with van der Waals surface area (Å²) in [7, 11) is 3.16. The number of hydrogen-bond acceptors (Lipinski definition) is 5. The van der Waals surface area contributed by atoms with Crippen molar-refractivity contribution >= 4 is 17.5 Å². The molecule has 1 aliphatic carbocycles. The third-order valence-electron chi connectivity index (χ3n) is 6.65. The average Bonchev–Trinajstić information content (AvgIpc) is 3.17. The third kappa shape index (κ3) is 4.36. The van der Waals surface area contributed by atoms with Crippen LogP contribution in [-0.2, 0) is 4.79 Å². The predicted molar refractivity (Wildman–Crippen MR) is 117 cm³/mol. The maximum atomic E-state index is 13.5. The molecule has 1 aromatic heterocycles. The average molecular weight is 424 g/mol. The molecule has 2 aromatic rings. The van der Waals surface area contributed by atoms with Gasteiger partial charge < -0.3 is 19.7 Å². The van der Waals surface area contributed by atoms with Gasteiger partial charge in [0.25, 0.3) is 5.91 Å². The Bertz CT molecular complexity index is 919. The van der Waals surface area contributed by atoms with Gasteiger partial charge in [-0.25, -0.2) is 0 Å². The molecule has 2 amide bonds. The first-order valence-corrected chi connectivity index (χ1v) is 10.8. The summed E-state index contributed by atoms with van der Waals surface area (Å²) >= 11 is 0. The SMILES string of the molecule is COc1cc(NC(=O)C2CN(C(=O)c3ccncc3)CC23CCCCC3)cc(OC)c1. The summed E-state index contributed by atoms with van der Waals surface area (Å²) < 4.78 is 10.6. The summed E-state index contributed by atoms with van der Waals surface area (Å²) in [5.74, 6) is 0.884. The molecule has 1 spiro atoms. The minimum absolute atomic E-state index is 0.0364. The van der Waals surface area contributed by atoms with E-state index in [9.17, 15) is 9.59 Å². The number of carbonyl (C=O) groups is 2. The van der Waals surface area contributed by atoms with E-state index in [1.54, 1.807) is 56.9 Å². The summed E-state index contributed by atoms with van der Waals surface area (Å²) in [5.41, 5.74) is 1.07. The number of likely N-dealkylation sites (tertiary alicyclic amines) is 1. The highest BCUT2D eigenvalue weighted by molar-refractivity contribution is 5.97. The molecule has 7 heteroatoms. The van der Waals surface area contributed by atoms with E-state index in [0.29, 0.717) is 35.8 Å². The standard InChI is InChI=1S/C24H29N3O4/c1-30-19-12-18(13-20(14-19)31-2)26-22(28)21-15-27(16-24(21)8-4-3-5-9-24)23(29)17-6-10-25-11-7-17/h6-7,10-14,21H,3-5,8-9,15-16H2,1-2H3,(H,26,28). The number of nitrogens with one attached hydrogen (secondary N) is 1. The van der Waals surface area contributed by atoms with E-state index in [1.807, 2.05) is 4.90 Å². The smallest absolute Gasteiger partial charge is 0.254 e. The number of carbonyl (C=O) groups excluding carboxylic acids is 2. The van der Waals surface area contributed by atoms with Crippen molar-refractivity contribution in [1.29, 1.82) is 0 Å². The Morgan fingerprint density at radius 3 is 2.29 bits per heavy atom. The van der Waals surface area contributed by atoms with E-state index < -0.39 is 0 Å². The zero-order valence-corrected chi connectivity index (χ0v) is 18.1. The number of anilines is 1. The van der Waals surface area contributed by atoms with Crippen LogP contribution in [0.3, 0.4) is 0 Å². The second-order valence-corrected chi connectivity index (χ2v) is 8.49. The molecule has 0 bridgehead atoms. The monoisotopic (exact) mass is 423 g/mol. The van der Waals surface area contributed by atoms with Crippen molar-refractivity contribution < 1.29 is 19.1 Å². The van der Waals surface area contributed by atoms with Gasteiger partial charge in [-0.15, -0.1) is 0 Å². The van der Waals surface area contributed by atoms with Crippen LogP contribution in [0, 0.1) is 11.3 Å². The minimum atomic E-state index is -0.254. The highest BCUT2D eigenvalue weighted by Crippen LogP contribution is 2.48. The molecule has 2 heterocycles. The number of nitrogens with zero attached hydrogens (tertiary/aromatic N) is 2. The maximum absolute atomic E-state index is 13.5. The molecule has 164 valence electrons. The first-order valence-electron chi connectivity index (χ1n) is 10.8. The van der Waals surface area contributed by atoms with E-state index in [2.05, 4.69) is 10.3 Å². The Labute approximate surface area is 182 Å². The number of methoxy groups -OCH3 is 2. The Balaban J connectivity index is 1.57. The van der Waals surface area contributed by atoms with Gasteiger partial charge in [0, 0.05) is 60.3 Å². The molecule has 1 unspecified atom stereocenters. The maximum Gasteiger partial charge on any atom is 0.254 e. The van der Waals surface area contributed by atoms with Crippen molar-refractivity contribution in [3.05, 3.63) is 48.3 Å². The van der Waals surface area contributed by atoms with Crippen LogP contribution in [0.5, 0.6) is 11.5 Å². The van der Waals surface area contributed by atoms with E-state index >= 15 is 0 Å². The number of amides is 2. The highest BCUT2D eigenvalue weighted by Gasteiger charge is 2.51. The Morgan fingerprint density at radius 2 is 1.68 bits per heavy atom. The van der Waals surface area contributed by atoms with Crippen molar-refractivity contribution in [2.45, 2.75) is 32.1 Å². The number of ether oxygens (including phenoxy) is 2. The lowest BCUT2D eigenvalue weighted by atomic mass is 9.67. The van der Waals surface area contributed by atoms with Gasteiger partial charge in [0.1, 0.15) is 11.5 Å². The van der Waals surface area contributed by atoms with E-state index in [-0.39, 0.29) is 23.1 Å². The molecule has 4 rings (SSSR count). The topological polar surface area (TPSA) is 80.8 Å². The predicted octanol–water partition coefficient (Wildman–Crippen LogP) is 3.76. The molecule has 1 saturated carbocycles. The van der Waals surface area contributed by atoms with Crippen molar-refractivity contribution in [3.8, 4) is 11.5 Å². The van der Waals surface area contributed by atoms with Gasteiger partial charge in [0.2, 0.25) is 5.91 Å². The summed E-state index contributed by atoms with van der Waals surface area (Å²) in [4.78, 5) is 32.4. The first-order chi connectivity index (χ1) is 15.0. The fourth-order valence-electron chi connectivity index (χ4n) is 5.03. The lowest BCUT2D eigenvalue weighted by molar-refractivity contribution is -0.123. The molecular weight excluding hydrogens is 394 g/mol. The molecule has 1 saturated heterocycles. The fraction of sp³-hybridized carbons (Fsp3) is 0.458. The summed E-state index contributed by atoms with van der Waals surface area (Å²) in [6.45, 7) is 1.04. The van der Waals surface area contributed by atoms with Crippen molar-refractivity contribution in [1.82, 2.24) is 9.88 Å². The largest absolute Gasteiger partial charge is 0.497 e. The van der Waals surface area contributed by atoms with Crippen molar-refractivity contribution in [2.75, 3.05) is 32.6 Å². The second-order valence-electron chi connectivity index (χ2n) is 8.49. The van der Waals surface area contributed by atoms with E-state index in [1.165, 1.54) is 6.42 Å². The van der Waals surface area contributed by atoms with Crippen LogP contribution < -0.4 is 14.8 Å². The van der Waals surface area contributed by atoms with Crippen molar-refractivity contribution in [3.63, 3.8) is 0 Å². The lowest BCUT2D eigenvalue weighted by Gasteiger charge is -2.37. The van der Waals surface area contributed by atoms with E-state index in [0.717, 1.165) is 25.7 Å². The Kier molecular flexibility index (Phi) is 6.11. The Hall–Kier alpha value is -3.09. The molecule has 0 radical (unpaired) electrons. The number of pyridine rings is 1. The zero-order chi connectivity index (χ0) is 21.8. The third-order valence-corrected chi connectivity index (χ3v) is 6.65. The van der Waals surface area contributed by atoms with Crippen LogP contribution in [0.15, 0.2) is 42.7 Å². The van der Waals surface area contributed by atoms with Gasteiger partial charge in [0.15, 0.2) is 0 Å². The van der Waals surface area contributed by atoms with Gasteiger partial charge in [-0.1, -0.05) is 19.3 Å². The quantitative estimate of drug-likeness (QED) is 0.792. The van der Waals surface area contributed by atoms with Crippen LogP contribution in [0.25, 0.3) is 0 Å². The molecule has 2 aliphatic rings. The molecular formula is C24H29N3O4. The van der Waals surface area contributed by atoms with Crippen LogP contribution in [0.4, 0.5) is 5.69 Å². The van der Waals surface area contributed by atoms with Gasteiger partial charge in [0.05, 0.1) is 20.1 Å². The van der Waals surface area contributed by atoms with Crippen LogP contribution in [-0.4, -0.2) is 49.0 Å². The number of aromatic nitrogens is 1. The van der Waals surface area contributed by atoms with Crippen LogP contribution in [0.1, 0.15) is 42.5 Å². The summed E-state index contributed by atoms with van der Waals surface area (Å²) in [6, 6.07) is 8.78. The number of benzene rings is 1. The fourth-order valence-corrected chi connectivity index (χ4v) is 5.03. The molecule has 31 heavy (non-hydrogen) atoms. The lowest BCUT2D eigenvalue weighted by Crippen LogP contribution is -2.39. The van der Waals surface area contributed by atoms with Crippen LogP contribution >= 0.6 is 0 Å². The zero-order valence-electron chi connectivity index (χ0n) is 18.1. The molecule has 2 fully saturated rings. The normalized spacial score (nSPS) is 19.8.